The van der Waals surface area contributed by atoms with Crippen LogP contribution in [-0.2, 0) is 9.47 Å². The largest absolute Gasteiger partial charge is 0.376 e. The molecule has 0 saturated carbocycles. The Kier molecular flexibility index (Phi) is 2.60. The molecule has 2 radical (unpaired) electrons. The second-order valence-corrected chi connectivity index (χ2v) is 3.57. The van der Waals surface area contributed by atoms with Crippen LogP contribution in [0.2, 0.25) is 5.82 Å². The lowest BCUT2D eigenvalue weighted by atomic mass is 9.81. The van der Waals surface area contributed by atoms with Gasteiger partial charge in [-0.05, 0) is 6.92 Å². The van der Waals surface area contributed by atoms with Crippen LogP contribution in [0.25, 0.3) is 0 Å². The molecular weight excluding hydrogens is 139 g/mol. The van der Waals surface area contributed by atoms with Gasteiger partial charge in [-0.3, -0.25) is 0 Å². The van der Waals surface area contributed by atoms with Crippen LogP contribution in [-0.4, -0.2) is 33.3 Å². The molecule has 1 heterocycles. The Morgan fingerprint density at radius 2 is 2.36 bits per heavy atom. The molecule has 0 spiro atoms. The summed E-state index contributed by atoms with van der Waals surface area (Å²) in [5.74, 6) is 0.104. The highest BCUT2D eigenvalue weighted by Crippen LogP contribution is 2.31. The second-order valence-electron chi connectivity index (χ2n) is 3.57. The molecule has 1 saturated heterocycles. The molecule has 0 bridgehead atoms. The summed E-state index contributed by atoms with van der Waals surface area (Å²) in [7, 11) is 7.41. The average molecular weight is 154 g/mol. The normalized spacial score (nSPS) is 40.8. The topological polar surface area (TPSA) is 18.5 Å². The third kappa shape index (κ3) is 1.97. The van der Waals surface area contributed by atoms with Crippen molar-refractivity contribution in [1.82, 2.24) is 0 Å². The van der Waals surface area contributed by atoms with Crippen molar-refractivity contribution >= 4 is 7.85 Å². The maximum atomic E-state index is 5.69. The van der Waals surface area contributed by atoms with E-state index in [1.165, 1.54) is 0 Å². The van der Waals surface area contributed by atoms with Crippen molar-refractivity contribution in [2.24, 2.45) is 0 Å². The van der Waals surface area contributed by atoms with E-state index in [-0.39, 0.29) is 17.5 Å². The molecule has 0 aromatic heterocycles. The van der Waals surface area contributed by atoms with E-state index < -0.39 is 0 Å². The van der Waals surface area contributed by atoms with Crippen molar-refractivity contribution in [3.05, 3.63) is 0 Å². The van der Waals surface area contributed by atoms with Crippen molar-refractivity contribution < 1.29 is 9.47 Å². The van der Waals surface area contributed by atoms with Gasteiger partial charge in [-0.1, -0.05) is 12.7 Å². The molecule has 3 heteroatoms. The van der Waals surface area contributed by atoms with E-state index in [0.29, 0.717) is 6.61 Å². The molecule has 11 heavy (non-hydrogen) atoms. The van der Waals surface area contributed by atoms with Crippen LogP contribution in [0.3, 0.4) is 0 Å². The van der Waals surface area contributed by atoms with Crippen molar-refractivity contribution in [2.75, 3.05) is 13.7 Å². The lowest BCUT2D eigenvalue weighted by molar-refractivity contribution is -0.00404. The number of hydrogen-bond donors (Lipinski definition) is 0. The first-order chi connectivity index (χ1) is 5.07. The summed E-state index contributed by atoms with van der Waals surface area (Å²) in [4.78, 5) is 0. The zero-order chi connectivity index (χ0) is 8.48. The number of methoxy groups -OCH3 is 1. The van der Waals surface area contributed by atoms with E-state index >= 15 is 0 Å². The molecule has 3 atom stereocenters. The molecule has 1 unspecified atom stereocenters. The summed E-state index contributed by atoms with van der Waals surface area (Å²) >= 11 is 0. The SMILES string of the molecule is [B]C(C)[C@H]1C[C@](C)(OC)CO1. The Balaban J connectivity index is 2.46. The summed E-state index contributed by atoms with van der Waals surface area (Å²) in [6.07, 6.45) is 1.07. The molecule has 1 fully saturated rings. The number of ether oxygens (including phenoxy) is 2. The van der Waals surface area contributed by atoms with E-state index in [9.17, 15) is 0 Å². The molecule has 0 amide bonds. The van der Waals surface area contributed by atoms with Gasteiger partial charge in [0.15, 0.2) is 0 Å². The van der Waals surface area contributed by atoms with Gasteiger partial charge in [0.1, 0.15) is 0 Å². The van der Waals surface area contributed by atoms with Gasteiger partial charge in [0.25, 0.3) is 0 Å². The van der Waals surface area contributed by atoms with Gasteiger partial charge in [0.05, 0.1) is 26.2 Å². The Bertz CT molecular complexity index is 138. The highest BCUT2D eigenvalue weighted by Gasteiger charge is 2.36. The van der Waals surface area contributed by atoms with Crippen LogP contribution in [0.5, 0.6) is 0 Å². The minimum absolute atomic E-state index is 0.104. The van der Waals surface area contributed by atoms with Gasteiger partial charge in [0, 0.05) is 13.5 Å². The lowest BCUT2D eigenvalue weighted by Gasteiger charge is -2.20. The highest BCUT2D eigenvalue weighted by molar-refractivity contribution is 6.11. The first-order valence-electron chi connectivity index (χ1n) is 4.00. The first kappa shape index (κ1) is 9.08. The van der Waals surface area contributed by atoms with Crippen LogP contribution in [0.15, 0.2) is 0 Å². The monoisotopic (exact) mass is 154 g/mol. The van der Waals surface area contributed by atoms with Gasteiger partial charge in [-0.15, -0.1) is 0 Å². The van der Waals surface area contributed by atoms with Gasteiger partial charge in [-0.2, -0.15) is 0 Å². The Morgan fingerprint density at radius 3 is 2.64 bits per heavy atom. The first-order valence-corrected chi connectivity index (χ1v) is 4.00. The van der Waals surface area contributed by atoms with E-state index in [1.54, 1.807) is 7.11 Å². The molecule has 0 N–H and O–H groups in total. The maximum absolute atomic E-state index is 5.69. The fourth-order valence-corrected chi connectivity index (χ4v) is 1.31. The number of rotatable bonds is 2. The fraction of sp³-hybridized carbons (Fsp3) is 1.00. The average Bonchev–Trinajstić information content (AvgIpc) is 2.33. The minimum atomic E-state index is -0.113. The van der Waals surface area contributed by atoms with Crippen molar-refractivity contribution in [1.29, 1.82) is 0 Å². The third-order valence-corrected chi connectivity index (χ3v) is 2.31. The predicted octanol–water partition coefficient (Wildman–Crippen LogP) is 1.16. The van der Waals surface area contributed by atoms with Crippen LogP contribution in [0.1, 0.15) is 20.3 Å². The molecule has 1 rings (SSSR count). The van der Waals surface area contributed by atoms with Crippen molar-refractivity contribution in [3.63, 3.8) is 0 Å². The van der Waals surface area contributed by atoms with E-state index in [1.807, 2.05) is 6.92 Å². The Hall–Kier alpha value is -0.0151. The molecule has 62 valence electrons. The van der Waals surface area contributed by atoms with E-state index in [2.05, 4.69) is 6.92 Å². The summed E-state index contributed by atoms with van der Waals surface area (Å²) < 4.78 is 10.8. The van der Waals surface area contributed by atoms with Gasteiger partial charge in [-0.25, -0.2) is 0 Å². The Morgan fingerprint density at radius 1 is 1.73 bits per heavy atom. The Labute approximate surface area is 69.7 Å². The highest BCUT2D eigenvalue weighted by atomic mass is 16.6. The smallest absolute Gasteiger partial charge is 0.0907 e. The second kappa shape index (κ2) is 3.15. The zero-order valence-corrected chi connectivity index (χ0v) is 7.46. The van der Waals surface area contributed by atoms with Crippen LogP contribution in [0, 0.1) is 0 Å². The van der Waals surface area contributed by atoms with E-state index in [4.69, 9.17) is 17.3 Å². The zero-order valence-electron chi connectivity index (χ0n) is 7.46. The van der Waals surface area contributed by atoms with Gasteiger partial charge >= 0.3 is 0 Å². The number of hydrogen-bond acceptors (Lipinski definition) is 2. The molecule has 0 aliphatic carbocycles. The fourth-order valence-electron chi connectivity index (χ4n) is 1.31. The minimum Gasteiger partial charge on any atom is -0.376 e. The molecule has 0 aromatic rings. The summed E-state index contributed by atoms with van der Waals surface area (Å²) in [5.41, 5.74) is -0.113. The molecule has 1 aliphatic rings. The van der Waals surface area contributed by atoms with Crippen LogP contribution in [0.4, 0.5) is 0 Å². The third-order valence-electron chi connectivity index (χ3n) is 2.31. The summed E-state index contributed by atoms with van der Waals surface area (Å²) in [6, 6.07) is 0. The molecule has 2 nitrogen and oxygen atoms in total. The summed E-state index contributed by atoms with van der Waals surface area (Å²) in [5, 5.41) is 0. The molecular formula is C8H15BO2. The quantitative estimate of drug-likeness (QED) is 0.555. The van der Waals surface area contributed by atoms with E-state index in [0.717, 1.165) is 6.42 Å². The van der Waals surface area contributed by atoms with Gasteiger partial charge < -0.3 is 9.47 Å². The standard InChI is InChI=1S/C8H15BO2/c1-6(9)7-4-8(2,10-3)5-11-7/h6-7H,4-5H2,1-3H3/t6?,7-,8+/m1/s1. The van der Waals surface area contributed by atoms with Crippen LogP contribution >= 0.6 is 0 Å². The van der Waals surface area contributed by atoms with Gasteiger partial charge in [0.2, 0.25) is 0 Å². The predicted molar refractivity (Wildman–Crippen MR) is 44.9 cm³/mol. The summed E-state index contributed by atoms with van der Waals surface area (Å²) in [6.45, 7) is 4.68. The van der Waals surface area contributed by atoms with Crippen LogP contribution < -0.4 is 0 Å². The molecule has 1 aliphatic heterocycles. The lowest BCUT2D eigenvalue weighted by Crippen LogP contribution is -2.27. The van der Waals surface area contributed by atoms with Crippen molar-refractivity contribution in [2.45, 2.75) is 37.8 Å². The van der Waals surface area contributed by atoms with Crippen molar-refractivity contribution in [3.8, 4) is 0 Å². The molecule has 0 aromatic carbocycles. The maximum Gasteiger partial charge on any atom is 0.0907 e.